The van der Waals surface area contributed by atoms with Gasteiger partial charge in [0.1, 0.15) is 11.6 Å². The third-order valence-corrected chi connectivity index (χ3v) is 17.8. The van der Waals surface area contributed by atoms with Crippen LogP contribution in [0, 0.1) is 23.7 Å². The first kappa shape index (κ1) is 52.7. The molecule has 382 valence electrons. The highest BCUT2D eigenvalue weighted by Crippen LogP contribution is 2.40. The minimum absolute atomic E-state index is 0.00258. The molecule has 8 rings (SSSR count). The lowest BCUT2D eigenvalue weighted by atomic mass is 9.86. The van der Waals surface area contributed by atoms with Crippen LogP contribution >= 0.6 is 0 Å². The van der Waals surface area contributed by atoms with Crippen LogP contribution in [0.5, 0.6) is 0 Å². The fourth-order valence-electron chi connectivity index (χ4n) is 10.1. The number of halogens is 4. The van der Waals surface area contributed by atoms with E-state index in [1.54, 1.807) is 30.3 Å². The summed E-state index contributed by atoms with van der Waals surface area (Å²) in [7, 11) is -7.62. The largest absolute Gasteiger partial charge is 0.481 e. The lowest BCUT2D eigenvalue weighted by Crippen LogP contribution is -2.37. The summed E-state index contributed by atoms with van der Waals surface area (Å²) in [6, 6.07) is 9.78. The smallest absolute Gasteiger partial charge is 0.307 e. The van der Waals surface area contributed by atoms with Crippen molar-refractivity contribution in [1.82, 2.24) is 33.0 Å². The number of hydrogen-bond donors (Lipinski definition) is 2. The molecule has 2 N–H and O–H groups in total. The summed E-state index contributed by atoms with van der Waals surface area (Å²) in [4.78, 5) is 33.5. The molecular weight excluding hydrogens is 939 g/mol. The van der Waals surface area contributed by atoms with Crippen molar-refractivity contribution in [2.75, 3.05) is 26.2 Å². The molecule has 0 radical (unpaired) electrons. The molecule has 0 spiro atoms. The van der Waals surface area contributed by atoms with E-state index in [0.717, 1.165) is 22.7 Å². The number of carboxylic acid groups (broad SMARTS) is 1. The minimum Gasteiger partial charge on any atom is -0.481 e. The molecule has 20 heteroatoms. The molecule has 2 aliphatic heterocycles. The second-order valence-electron chi connectivity index (χ2n) is 22.2. The van der Waals surface area contributed by atoms with Gasteiger partial charge in [0.2, 0.25) is 37.8 Å². The predicted molar refractivity (Wildman–Crippen MR) is 255 cm³/mol. The van der Waals surface area contributed by atoms with Crippen LogP contribution in [0.2, 0.25) is 0 Å². The highest BCUT2D eigenvalue weighted by atomic mass is 32.2. The van der Waals surface area contributed by atoms with Crippen molar-refractivity contribution < 1.29 is 49.1 Å². The molecule has 4 aromatic rings. The van der Waals surface area contributed by atoms with E-state index in [2.05, 4.69) is 14.5 Å². The zero-order valence-corrected chi connectivity index (χ0v) is 42.7. The zero-order chi connectivity index (χ0) is 50.6. The number of hydrogen-bond acceptors (Lipinski definition) is 8. The van der Waals surface area contributed by atoms with Gasteiger partial charge in [-0.3, -0.25) is 9.59 Å². The fraction of sp³-hybridized carbons (Fsp3) is 0.673. The third-order valence-electron chi connectivity index (χ3n) is 14.1. The topological polar surface area (TPSA) is 177 Å². The van der Waals surface area contributed by atoms with Crippen LogP contribution in [-0.2, 0) is 53.6 Å². The Morgan fingerprint density at radius 2 is 1.04 bits per heavy atom. The van der Waals surface area contributed by atoms with Gasteiger partial charge in [0.05, 0.1) is 43.7 Å². The van der Waals surface area contributed by atoms with Gasteiger partial charge in [-0.25, -0.2) is 44.4 Å². The van der Waals surface area contributed by atoms with E-state index in [-0.39, 0.29) is 95.6 Å². The number of sulfonamides is 2. The quantitative estimate of drug-likeness (QED) is 0.139. The molecule has 0 bridgehead atoms. The first-order valence-electron chi connectivity index (χ1n) is 24.3. The van der Waals surface area contributed by atoms with E-state index in [4.69, 9.17) is 9.97 Å². The van der Waals surface area contributed by atoms with Crippen LogP contribution < -0.4 is 5.32 Å². The molecule has 4 heterocycles. The zero-order valence-electron chi connectivity index (χ0n) is 41.1. The number of amides is 1. The second kappa shape index (κ2) is 19.5. The molecule has 4 fully saturated rings. The number of alkyl halides is 4. The van der Waals surface area contributed by atoms with E-state index in [1.807, 2.05) is 55.4 Å². The van der Waals surface area contributed by atoms with E-state index < -0.39 is 43.8 Å². The molecule has 2 aromatic heterocycles. The maximum Gasteiger partial charge on any atom is 0.307 e. The van der Waals surface area contributed by atoms with E-state index in [9.17, 15) is 49.1 Å². The van der Waals surface area contributed by atoms with Crippen LogP contribution in [0.25, 0.3) is 22.1 Å². The standard InChI is InChI=1S/C26H38F2N4O3S.C23H31F2N3O4S/c1-17(2)29-23(33)19-10-13-31(16-19)36(34,35)20-6-7-22-21(14-20)30-24(25(3,4)5)32(22)15-18-8-11-26(27,28)12-9-18;1-22(2,3)21-26-18-12-17(33(31,32)27-11-8-16(14-27)20(29)30)4-5-19(18)28(21)13-15-6-9-23(24,25)10-7-15/h6-7,14,17-19H,8-13,15-16H2,1-5H3,(H,29,33);4-5,12,15-16H,6-11,13-14H2,1-3H3,(H,29,30)/t19-;16-/m00/s1. The van der Waals surface area contributed by atoms with Crippen molar-refractivity contribution in [3.8, 4) is 0 Å². The van der Waals surface area contributed by atoms with E-state index in [0.29, 0.717) is 69.2 Å². The minimum atomic E-state index is -3.84. The van der Waals surface area contributed by atoms with Gasteiger partial charge in [0, 0.05) is 81.8 Å². The Labute approximate surface area is 403 Å². The van der Waals surface area contributed by atoms with Gasteiger partial charge >= 0.3 is 5.97 Å². The second-order valence-corrected chi connectivity index (χ2v) is 26.1. The van der Waals surface area contributed by atoms with Gasteiger partial charge < -0.3 is 19.6 Å². The summed E-state index contributed by atoms with van der Waals surface area (Å²) >= 11 is 0. The van der Waals surface area contributed by atoms with Crippen molar-refractivity contribution in [2.45, 2.75) is 171 Å². The number of nitrogens with zero attached hydrogens (tertiary/aromatic N) is 6. The summed E-state index contributed by atoms with van der Waals surface area (Å²) in [6.45, 7) is 17.7. The number of rotatable bonds is 11. The fourth-order valence-corrected chi connectivity index (χ4v) is 13.2. The van der Waals surface area contributed by atoms with Gasteiger partial charge in [0.15, 0.2) is 0 Å². The van der Waals surface area contributed by atoms with Gasteiger partial charge in [-0.05, 0) is 101 Å². The van der Waals surface area contributed by atoms with Gasteiger partial charge in [0.25, 0.3) is 0 Å². The number of aliphatic carboxylic acids is 1. The van der Waals surface area contributed by atoms with Crippen molar-refractivity contribution in [1.29, 1.82) is 0 Å². The average molecular weight is 1010 g/mol. The van der Waals surface area contributed by atoms with Crippen LogP contribution in [-0.4, -0.2) is 106 Å². The number of carbonyl (C=O) groups is 2. The average Bonchev–Trinajstić information content (AvgIpc) is 4.08. The molecule has 4 aliphatic rings. The molecule has 2 aromatic carbocycles. The Hall–Kier alpha value is -4.14. The van der Waals surface area contributed by atoms with Crippen LogP contribution in [0.4, 0.5) is 17.6 Å². The molecule has 2 aliphatic carbocycles. The number of imidazole rings is 2. The van der Waals surface area contributed by atoms with Crippen molar-refractivity contribution >= 4 is 54.0 Å². The predicted octanol–water partition coefficient (Wildman–Crippen LogP) is 8.95. The molecular formula is C49H69F4N7O7S2. The molecule has 2 saturated carbocycles. The van der Waals surface area contributed by atoms with Gasteiger partial charge in [-0.2, -0.15) is 8.61 Å². The lowest BCUT2D eigenvalue weighted by Gasteiger charge is -2.30. The number of fused-ring (bicyclic) bond motifs is 2. The normalized spacial score (nSPS) is 22.3. The molecule has 2 atom stereocenters. The summed E-state index contributed by atoms with van der Waals surface area (Å²) in [5, 5.41) is 12.1. The van der Waals surface area contributed by atoms with Crippen molar-refractivity contribution in [3.05, 3.63) is 48.0 Å². The highest BCUT2D eigenvalue weighted by molar-refractivity contribution is 7.89. The molecule has 1 amide bonds. The number of aromatic nitrogens is 4. The van der Waals surface area contributed by atoms with Crippen molar-refractivity contribution in [3.63, 3.8) is 0 Å². The van der Waals surface area contributed by atoms with Crippen LogP contribution in [0.3, 0.4) is 0 Å². The maximum atomic E-state index is 13.7. The Kier molecular flexibility index (Phi) is 14.9. The number of benzene rings is 2. The Balaban J connectivity index is 0.000000205. The maximum absolute atomic E-state index is 13.7. The van der Waals surface area contributed by atoms with Gasteiger partial charge in [-0.1, -0.05) is 41.5 Å². The number of nitrogens with one attached hydrogen (secondary N) is 1. The van der Waals surface area contributed by atoms with Gasteiger partial charge in [-0.15, -0.1) is 0 Å². The molecule has 69 heavy (non-hydrogen) atoms. The summed E-state index contributed by atoms with van der Waals surface area (Å²) in [5.74, 6) is -5.48. The molecule has 14 nitrogen and oxygen atoms in total. The monoisotopic (exact) mass is 1010 g/mol. The first-order chi connectivity index (χ1) is 31.9. The summed E-state index contributed by atoms with van der Waals surface area (Å²) in [5.41, 5.74) is 2.09. The summed E-state index contributed by atoms with van der Waals surface area (Å²) in [6.07, 6.45) is 2.20. The van der Waals surface area contributed by atoms with Crippen molar-refractivity contribution in [2.24, 2.45) is 23.7 Å². The summed E-state index contributed by atoms with van der Waals surface area (Å²) < 4.78 is 114. The van der Waals surface area contributed by atoms with Crippen LogP contribution in [0.15, 0.2) is 46.2 Å². The van der Waals surface area contributed by atoms with E-state index in [1.165, 1.54) is 14.7 Å². The molecule has 2 saturated heterocycles. The SMILES string of the molecule is CC(C)(C)c1nc2cc(S(=O)(=O)N3CC[C@H](C(=O)O)C3)ccc2n1CC1CCC(F)(F)CC1.CC(C)NC(=O)[C@H]1CCN(S(=O)(=O)c2ccc3c(c2)nc(C(C)(C)C)n3CC2CCC(F)(F)CC2)C1. The molecule has 0 unspecified atom stereocenters. The number of carbonyl (C=O) groups excluding carboxylic acids is 1. The first-order valence-corrected chi connectivity index (χ1v) is 27.1. The Morgan fingerprint density at radius 3 is 1.39 bits per heavy atom. The Morgan fingerprint density at radius 1 is 0.667 bits per heavy atom. The number of carboxylic acids is 1. The lowest BCUT2D eigenvalue weighted by molar-refractivity contribution is -0.141. The third kappa shape index (κ3) is 11.8. The van der Waals surface area contributed by atoms with Crippen LogP contribution in [0.1, 0.15) is 131 Å². The highest BCUT2D eigenvalue weighted by Gasteiger charge is 2.40. The Bertz CT molecular complexity index is 2760. The van der Waals surface area contributed by atoms with E-state index >= 15 is 0 Å².